The molecule has 5 nitrogen and oxygen atoms in total. The largest absolute Gasteiger partial charge is 0.417 e. The highest BCUT2D eigenvalue weighted by Crippen LogP contribution is 2.37. The van der Waals surface area contributed by atoms with Gasteiger partial charge in [-0.2, -0.15) is 13.2 Å². The zero-order chi connectivity index (χ0) is 22.1. The van der Waals surface area contributed by atoms with E-state index in [2.05, 4.69) is 9.71 Å². The number of aromatic nitrogens is 1. The minimum Gasteiger partial charge on any atom is -0.390 e. The van der Waals surface area contributed by atoms with Crippen molar-refractivity contribution in [3.05, 3.63) is 51.8 Å². The average Bonchev–Trinajstić information content (AvgIpc) is 2.66. The van der Waals surface area contributed by atoms with Crippen molar-refractivity contribution in [3.63, 3.8) is 0 Å². The first-order valence-electron chi connectivity index (χ1n) is 8.93. The molecule has 0 atom stereocenters. The highest BCUT2D eigenvalue weighted by molar-refractivity contribution is 8.00. The maximum absolute atomic E-state index is 13.1. The first-order chi connectivity index (χ1) is 14.0. The molecule has 2 N–H and O–H groups in total. The number of amides is 1. The summed E-state index contributed by atoms with van der Waals surface area (Å²) in [5.74, 6) is -0.350. The van der Waals surface area contributed by atoms with Gasteiger partial charge in [-0.15, -0.1) is 0 Å². The quantitative estimate of drug-likeness (QED) is 0.565. The second-order valence-corrected chi connectivity index (χ2v) is 8.91. The maximum atomic E-state index is 13.1. The van der Waals surface area contributed by atoms with Gasteiger partial charge in [-0.05, 0) is 56.0 Å². The molecule has 1 aliphatic rings. The van der Waals surface area contributed by atoms with Crippen LogP contribution in [-0.2, 0) is 6.18 Å². The Balaban J connectivity index is 1.79. The number of carbonyl (C=O) groups excluding carboxylic acids is 1. The minimum atomic E-state index is -4.58. The highest BCUT2D eigenvalue weighted by atomic mass is 35.5. The Bertz CT molecular complexity index is 947. The summed E-state index contributed by atoms with van der Waals surface area (Å²) in [6.45, 7) is 2.46. The molecule has 1 aliphatic heterocycles. The molecule has 1 aromatic carbocycles. The van der Waals surface area contributed by atoms with Gasteiger partial charge in [-0.1, -0.05) is 23.2 Å². The standard InChI is InChI=1S/C19H18Cl2F3N3O2S/c1-18(29)4-6-27(7-5-18)17(28)16-15(8-11(20)10-25-16)26-30-12-2-3-14(21)13(9-12)19(22,23)24/h2-3,8-10,26,29H,4-7H2,1H3. The number of halogens is 5. The number of alkyl halides is 3. The zero-order valence-corrected chi connectivity index (χ0v) is 18.1. The van der Waals surface area contributed by atoms with Gasteiger partial charge in [0.15, 0.2) is 5.69 Å². The molecule has 0 radical (unpaired) electrons. The van der Waals surface area contributed by atoms with Gasteiger partial charge in [0.05, 0.1) is 26.9 Å². The molecule has 0 aliphatic carbocycles. The number of anilines is 1. The Morgan fingerprint density at radius 2 is 1.93 bits per heavy atom. The summed E-state index contributed by atoms with van der Waals surface area (Å²) in [5.41, 5.74) is -1.39. The van der Waals surface area contributed by atoms with Gasteiger partial charge in [0.2, 0.25) is 0 Å². The van der Waals surface area contributed by atoms with Crippen molar-refractivity contribution in [1.82, 2.24) is 9.88 Å². The number of nitrogens with one attached hydrogen (secondary N) is 1. The van der Waals surface area contributed by atoms with Crippen molar-refractivity contribution in [3.8, 4) is 0 Å². The number of carbonyl (C=O) groups is 1. The number of hydrogen-bond donors (Lipinski definition) is 2. The third kappa shape index (κ3) is 5.51. The van der Waals surface area contributed by atoms with E-state index < -0.39 is 22.4 Å². The summed E-state index contributed by atoms with van der Waals surface area (Å²) in [6, 6.07) is 5.00. The molecule has 1 amide bonds. The normalized spacial score (nSPS) is 16.4. The fourth-order valence-electron chi connectivity index (χ4n) is 2.93. The minimum absolute atomic E-state index is 0.0958. The molecular formula is C19H18Cl2F3N3O2S. The predicted octanol–water partition coefficient (Wildman–Crippen LogP) is 5.51. The van der Waals surface area contributed by atoms with E-state index in [0.717, 1.165) is 24.1 Å². The number of likely N-dealkylation sites (tertiary alicyclic amines) is 1. The smallest absolute Gasteiger partial charge is 0.390 e. The topological polar surface area (TPSA) is 65.5 Å². The molecule has 2 aromatic rings. The van der Waals surface area contributed by atoms with Gasteiger partial charge in [0.1, 0.15) is 0 Å². The lowest BCUT2D eigenvalue weighted by Gasteiger charge is -2.35. The Morgan fingerprint density at radius 1 is 1.27 bits per heavy atom. The fraction of sp³-hybridized carbons (Fsp3) is 0.368. The van der Waals surface area contributed by atoms with Crippen molar-refractivity contribution in [2.75, 3.05) is 17.8 Å². The highest BCUT2D eigenvalue weighted by Gasteiger charge is 2.34. The Morgan fingerprint density at radius 3 is 2.57 bits per heavy atom. The third-order valence-corrected chi connectivity index (χ3v) is 6.05. The predicted molar refractivity (Wildman–Crippen MR) is 111 cm³/mol. The fourth-order valence-corrected chi connectivity index (χ4v) is 4.01. The van der Waals surface area contributed by atoms with Crippen LogP contribution in [0.3, 0.4) is 0 Å². The number of nitrogens with zero attached hydrogens (tertiary/aromatic N) is 2. The van der Waals surface area contributed by atoms with Crippen LogP contribution in [0, 0.1) is 0 Å². The monoisotopic (exact) mass is 479 g/mol. The van der Waals surface area contributed by atoms with E-state index in [1.807, 2.05) is 0 Å². The molecule has 1 fully saturated rings. The van der Waals surface area contributed by atoms with Crippen LogP contribution in [0.1, 0.15) is 35.8 Å². The van der Waals surface area contributed by atoms with E-state index in [-0.39, 0.29) is 27.2 Å². The summed E-state index contributed by atoms with van der Waals surface area (Å²) < 4.78 is 42.1. The van der Waals surface area contributed by atoms with Gasteiger partial charge in [0, 0.05) is 24.2 Å². The van der Waals surface area contributed by atoms with Crippen LogP contribution in [0.25, 0.3) is 0 Å². The van der Waals surface area contributed by atoms with Gasteiger partial charge in [0.25, 0.3) is 5.91 Å². The molecule has 162 valence electrons. The van der Waals surface area contributed by atoms with E-state index in [1.54, 1.807) is 11.8 Å². The zero-order valence-electron chi connectivity index (χ0n) is 15.8. The van der Waals surface area contributed by atoms with E-state index in [9.17, 15) is 23.1 Å². The van der Waals surface area contributed by atoms with E-state index in [0.29, 0.717) is 25.9 Å². The Kier molecular flexibility index (Phi) is 6.76. The first-order valence-corrected chi connectivity index (χ1v) is 10.5. The van der Waals surface area contributed by atoms with Crippen LogP contribution >= 0.6 is 35.1 Å². The molecule has 0 spiro atoms. The third-order valence-electron chi connectivity index (χ3n) is 4.71. The van der Waals surface area contributed by atoms with Gasteiger partial charge in [-0.25, -0.2) is 4.98 Å². The van der Waals surface area contributed by atoms with E-state index in [4.69, 9.17) is 23.2 Å². The average molecular weight is 480 g/mol. The number of piperidine rings is 1. The maximum Gasteiger partial charge on any atom is 0.417 e. The molecule has 2 heterocycles. The molecular weight excluding hydrogens is 462 g/mol. The number of aliphatic hydroxyl groups is 1. The Hall–Kier alpha value is -1.68. The summed E-state index contributed by atoms with van der Waals surface area (Å²) in [4.78, 5) is 18.8. The SMILES string of the molecule is CC1(O)CCN(C(=O)c2ncc(Cl)cc2NSc2ccc(Cl)c(C(F)(F)F)c2)CC1. The second kappa shape index (κ2) is 8.82. The van der Waals surface area contributed by atoms with Gasteiger partial charge < -0.3 is 14.7 Å². The summed E-state index contributed by atoms with van der Waals surface area (Å²) >= 11 is 12.5. The van der Waals surface area contributed by atoms with Crippen LogP contribution in [0.4, 0.5) is 18.9 Å². The number of hydrogen-bond acceptors (Lipinski definition) is 5. The van der Waals surface area contributed by atoms with Crippen molar-refractivity contribution < 1.29 is 23.1 Å². The van der Waals surface area contributed by atoms with Crippen LogP contribution < -0.4 is 4.72 Å². The van der Waals surface area contributed by atoms with Crippen molar-refractivity contribution in [2.24, 2.45) is 0 Å². The number of rotatable bonds is 4. The second-order valence-electron chi connectivity index (χ2n) is 7.18. The summed E-state index contributed by atoms with van der Waals surface area (Å²) in [5, 5.41) is 9.94. The molecule has 0 unspecified atom stereocenters. The lowest BCUT2D eigenvalue weighted by atomic mass is 9.93. The molecule has 11 heteroatoms. The van der Waals surface area contributed by atoms with Crippen LogP contribution in [0.15, 0.2) is 35.4 Å². The summed E-state index contributed by atoms with van der Waals surface area (Å²) in [6.07, 6.45) is -2.37. The van der Waals surface area contributed by atoms with E-state index >= 15 is 0 Å². The van der Waals surface area contributed by atoms with Crippen LogP contribution in [-0.4, -0.2) is 39.6 Å². The van der Waals surface area contributed by atoms with Crippen LogP contribution in [0.5, 0.6) is 0 Å². The van der Waals surface area contributed by atoms with Crippen molar-refractivity contribution >= 4 is 46.7 Å². The number of pyridine rings is 1. The Labute approximate surface area is 185 Å². The van der Waals surface area contributed by atoms with Gasteiger partial charge >= 0.3 is 6.18 Å². The molecule has 3 rings (SSSR count). The molecule has 1 aromatic heterocycles. The molecule has 0 bridgehead atoms. The summed E-state index contributed by atoms with van der Waals surface area (Å²) in [7, 11) is 0. The van der Waals surface area contributed by atoms with Gasteiger partial charge in [-0.3, -0.25) is 4.79 Å². The van der Waals surface area contributed by atoms with Crippen molar-refractivity contribution in [2.45, 2.75) is 36.4 Å². The number of benzene rings is 1. The van der Waals surface area contributed by atoms with E-state index in [1.165, 1.54) is 18.3 Å². The lowest BCUT2D eigenvalue weighted by molar-refractivity contribution is -0.137. The molecule has 0 saturated carbocycles. The first kappa shape index (κ1) is 23.0. The molecule has 30 heavy (non-hydrogen) atoms. The lowest BCUT2D eigenvalue weighted by Crippen LogP contribution is -2.45. The van der Waals surface area contributed by atoms with Crippen LogP contribution in [0.2, 0.25) is 10.0 Å². The molecule has 1 saturated heterocycles. The van der Waals surface area contributed by atoms with Crippen molar-refractivity contribution in [1.29, 1.82) is 0 Å².